The maximum atomic E-state index is 11.1. The molecule has 2 rings (SSSR count). The smallest absolute Gasteiger partial charge is 0.320 e. The molecule has 80 valence electrons. The van der Waals surface area contributed by atoms with Gasteiger partial charge in [0.1, 0.15) is 6.04 Å². The van der Waals surface area contributed by atoms with Gasteiger partial charge in [-0.2, -0.15) is 0 Å². The highest BCUT2D eigenvalue weighted by Gasteiger charge is 2.34. The van der Waals surface area contributed by atoms with Gasteiger partial charge in [-0.3, -0.25) is 9.69 Å². The first-order valence-electron chi connectivity index (χ1n) is 5.77. The van der Waals surface area contributed by atoms with Gasteiger partial charge in [0.15, 0.2) is 0 Å². The third-order valence-corrected chi connectivity index (χ3v) is 3.62. The first-order chi connectivity index (χ1) is 6.79. The van der Waals surface area contributed by atoms with Gasteiger partial charge in [-0.1, -0.05) is 19.3 Å². The molecule has 1 atom stereocenters. The Bertz CT molecular complexity index is 213. The zero-order chi connectivity index (χ0) is 9.97. The van der Waals surface area contributed by atoms with Gasteiger partial charge >= 0.3 is 5.97 Å². The molecule has 1 saturated heterocycles. The van der Waals surface area contributed by atoms with Crippen molar-refractivity contribution < 1.29 is 9.90 Å². The Morgan fingerprint density at radius 1 is 1.07 bits per heavy atom. The molecule has 1 saturated carbocycles. The number of carboxylic acids is 1. The van der Waals surface area contributed by atoms with E-state index in [2.05, 4.69) is 4.90 Å². The van der Waals surface area contributed by atoms with Crippen molar-refractivity contribution in [2.45, 2.75) is 57.0 Å². The van der Waals surface area contributed by atoms with Crippen LogP contribution in [0, 0.1) is 0 Å². The topological polar surface area (TPSA) is 40.5 Å². The summed E-state index contributed by atoms with van der Waals surface area (Å²) in [5, 5.41) is 9.16. The minimum absolute atomic E-state index is 0.192. The molecule has 0 spiro atoms. The van der Waals surface area contributed by atoms with Crippen molar-refractivity contribution in [2.24, 2.45) is 0 Å². The summed E-state index contributed by atoms with van der Waals surface area (Å²) >= 11 is 0. The van der Waals surface area contributed by atoms with E-state index in [-0.39, 0.29) is 6.04 Å². The lowest BCUT2D eigenvalue weighted by Gasteiger charge is -2.40. The largest absolute Gasteiger partial charge is 0.480 e. The summed E-state index contributed by atoms with van der Waals surface area (Å²) in [6, 6.07) is 0.386. The van der Waals surface area contributed by atoms with Crippen molar-refractivity contribution >= 4 is 5.97 Å². The van der Waals surface area contributed by atoms with Crippen molar-refractivity contribution in [3.63, 3.8) is 0 Å². The summed E-state index contributed by atoms with van der Waals surface area (Å²) in [4.78, 5) is 13.4. The number of carbonyl (C=O) groups is 1. The zero-order valence-corrected chi connectivity index (χ0v) is 8.61. The molecule has 0 amide bonds. The predicted molar refractivity (Wildman–Crippen MR) is 54.2 cm³/mol. The average Bonchev–Trinajstić information content (AvgIpc) is 2.26. The van der Waals surface area contributed by atoms with Crippen molar-refractivity contribution in [3.05, 3.63) is 0 Å². The fourth-order valence-electron chi connectivity index (χ4n) is 2.55. The normalized spacial score (nSPS) is 30.7. The highest BCUT2D eigenvalue weighted by Crippen LogP contribution is 2.30. The van der Waals surface area contributed by atoms with Crippen LogP contribution in [-0.2, 0) is 4.79 Å². The van der Waals surface area contributed by atoms with Crippen LogP contribution in [0.4, 0.5) is 0 Å². The Morgan fingerprint density at radius 3 is 2.43 bits per heavy atom. The van der Waals surface area contributed by atoms with E-state index in [9.17, 15) is 4.79 Å². The third kappa shape index (κ3) is 1.92. The van der Waals surface area contributed by atoms with E-state index in [1.54, 1.807) is 0 Å². The second kappa shape index (κ2) is 4.30. The Labute approximate surface area is 85.1 Å². The van der Waals surface area contributed by atoms with Crippen LogP contribution in [0.1, 0.15) is 44.9 Å². The molecule has 2 aliphatic rings. The van der Waals surface area contributed by atoms with E-state index >= 15 is 0 Å². The number of nitrogens with zero attached hydrogens (tertiary/aromatic N) is 1. The fourth-order valence-corrected chi connectivity index (χ4v) is 2.55. The third-order valence-electron chi connectivity index (χ3n) is 3.62. The maximum Gasteiger partial charge on any atom is 0.320 e. The molecule has 0 aromatic heterocycles. The molecule has 1 unspecified atom stereocenters. The van der Waals surface area contributed by atoms with Crippen LogP contribution in [0.2, 0.25) is 0 Å². The minimum Gasteiger partial charge on any atom is -0.480 e. The number of likely N-dealkylation sites (tertiary alicyclic amines) is 1. The molecule has 1 aliphatic carbocycles. The molecular weight excluding hydrogens is 178 g/mol. The molecule has 14 heavy (non-hydrogen) atoms. The first kappa shape index (κ1) is 9.97. The molecule has 3 heteroatoms. The number of rotatable bonds is 2. The van der Waals surface area contributed by atoms with Crippen molar-refractivity contribution in [1.29, 1.82) is 0 Å². The van der Waals surface area contributed by atoms with E-state index in [0.29, 0.717) is 6.04 Å². The SMILES string of the molecule is O=C(O)C1CCCCCN1C1CCC1. The highest BCUT2D eigenvalue weighted by atomic mass is 16.4. The van der Waals surface area contributed by atoms with Gasteiger partial charge in [0.05, 0.1) is 0 Å². The van der Waals surface area contributed by atoms with Gasteiger partial charge in [-0.15, -0.1) is 0 Å². The summed E-state index contributed by atoms with van der Waals surface area (Å²) in [6.07, 6.45) is 8.03. The molecule has 0 radical (unpaired) electrons. The van der Waals surface area contributed by atoms with Crippen LogP contribution in [0.15, 0.2) is 0 Å². The van der Waals surface area contributed by atoms with E-state index in [1.165, 1.54) is 32.1 Å². The molecule has 2 fully saturated rings. The number of hydrogen-bond acceptors (Lipinski definition) is 2. The number of hydrogen-bond donors (Lipinski definition) is 1. The van der Waals surface area contributed by atoms with E-state index in [4.69, 9.17) is 5.11 Å². The molecule has 1 aliphatic heterocycles. The quantitative estimate of drug-likeness (QED) is 0.734. The van der Waals surface area contributed by atoms with Crippen LogP contribution < -0.4 is 0 Å². The second-order valence-corrected chi connectivity index (χ2v) is 4.53. The minimum atomic E-state index is -0.612. The lowest BCUT2D eigenvalue weighted by Crippen LogP contribution is -2.49. The predicted octanol–water partition coefficient (Wildman–Crippen LogP) is 1.87. The van der Waals surface area contributed by atoms with Crippen LogP contribution in [0.3, 0.4) is 0 Å². The van der Waals surface area contributed by atoms with E-state index in [1.807, 2.05) is 0 Å². The molecule has 0 bridgehead atoms. The summed E-state index contributed by atoms with van der Waals surface area (Å²) in [7, 11) is 0. The van der Waals surface area contributed by atoms with Gasteiger partial charge in [-0.05, 0) is 32.2 Å². The van der Waals surface area contributed by atoms with Gasteiger partial charge in [0.25, 0.3) is 0 Å². The van der Waals surface area contributed by atoms with Crippen LogP contribution in [0.25, 0.3) is 0 Å². The summed E-state index contributed by atoms with van der Waals surface area (Å²) < 4.78 is 0. The van der Waals surface area contributed by atoms with Crippen LogP contribution >= 0.6 is 0 Å². The van der Waals surface area contributed by atoms with Crippen molar-refractivity contribution in [1.82, 2.24) is 4.90 Å². The van der Waals surface area contributed by atoms with Gasteiger partial charge in [-0.25, -0.2) is 0 Å². The number of carboxylic acid groups (broad SMARTS) is 1. The average molecular weight is 197 g/mol. The first-order valence-corrected chi connectivity index (χ1v) is 5.77. The molecule has 3 nitrogen and oxygen atoms in total. The van der Waals surface area contributed by atoms with Crippen molar-refractivity contribution in [2.75, 3.05) is 6.54 Å². The Kier molecular flexibility index (Phi) is 3.06. The molecule has 1 N–H and O–H groups in total. The highest BCUT2D eigenvalue weighted by molar-refractivity contribution is 5.73. The fraction of sp³-hybridized carbons (Fsp3) is 0.909. The number of aliphatic carboxylic acids is 1. The van der Waals surface area contributed by atoms with Crippen LogP contribution in [0.5, 0.6) is 0 Å². The molecule has 0 aromatic rings. The summed E-state index contributed by atoms with van der Waals surface area (Å²) in [5.74, 6) is -0.612. The monoisotopic (exact) mass is 197 g/mol. The lowest BCUT2D eigenvalue weighted by molar-refractivity contribution is -0.145. The van der Waals surface area contributed by atoms with Gasteiger partial charge in [0, 0.05) is 6.04 Å². The zero-order valence-electron chi connectivity index (χ0n) is 8.61. The van der Waals surface area contributed by atoms with E-state index in [0.717, 1.165) is 19.4 Å². The molecular formula is C11H19NO2. The maximum absolute atomic E-state index is 11.1. The second-order valence-electron chi connectivity index (χ2n) is 4.53. The van der Waals surface area contributed by atoms with E-state index < -0.39 is 5.97 Å². The summed E-state index contributed by atoms with van der Waals surface area (Å²) in [5.41, 5.74) is 0. The lowest BCUT2D eigenvalue weighted by atomic mass is 9.90. The van der Waals surface area contributed by atoms with Gasteiger partial charge < -0.3 is 5.11 Å². The Morgan fingerprint density at radius 2 is 1.86 bits per heavy atom. The molecule has 0 aromatic carbocycles. The van der Waals surface area contributed by atoms with Crippen LogP contribution in [-0.4, -0.2) is 34.6 Å². The summed E-state index contributed by atoms with van der Waals surface area (Å²) in [6.45, 7) is 1.00. The Balaban J connectivity index is 2.02. The van der Waals surface area contributed by atoms with Crippen molar-refractivity contribution in [3.8, 4) is 0 Å². The molecule has 1 heterocycles. The Hall–Kier alpha value is -0.570. The standard InChI is InChI=1S/C11H19NO2/c13-11(14)10-7-2-1-3-8-12(10)9-5-4-6-9/h9-10H,1-8H2,(H,13,14). The van der Waals surface area contributed by atoms with Gasteiger partial charge in [0.2, 0.25) is 0 Å².